The van der Waals surface area contributed by atoms with Crippen LogP contribution in [0, 0.1) is 0 Å². The van der Waals surface area contributed by atoms with Gasteiger partial charge in [-0.1, -0.05) is 23.7 Å². The summed E-state index contributed by atoms with van der Waals surface area (Å²) < 4.78 is 5.25. The van der Waals surface area contributed by atoms with Gasteiger partial charge in [0.05, 0.1) is 12.3 Å². The average molecular weight is 376 g/mol. The molecule has 4 amide bonds. The van der Waals surface area contributed by atoms with Crippen molar-refractivity contribution in [3.8, 4) is 0 Å². The second-order valence-electron chi connectivity index (χ2n) is 6.27. The van der Waals surface area contributed by atoms with Crippen molar-refractivity contribution in [2.45, 2.75) is 25.4 Å². The number of nitrogens with one attached hydrogen (secondary N) is 2. The molecule has 1 saturated heterocycles. The molecule has 0 aliphatic carbocycles. The number of carbonyl (C=O) groups excluding carboxylic acids is 3. The minimum absolute atomic E-state index is 0.311. The first kappa shape index (κ1) is 18.0. The van der Waals surface area contributed by atoms with Crippen LogP contribution in [0.3, 0.4) is 0 Å². The van der Waals surface area contributed by atoms with Gasteiger partial charge < -0.3 is 15.1 Å². The topological polar surface area (TPSA) is 91.7 Å². The fourth-order valence-electron chi connectivity index (χ4n) is 2.86. The van der Waals surface area contributed by atoms with E-state index in [2.05, 4.69) is 10.6 Å². The lowest BCUT2D eigenvalue weighted by atomic mass is 9.99. The summed E-state index contributed by atoms with van der Waals surface area (Å²) in [4.78, 5) is 38.0. The highest BCUT2D eigenvalue weighted by Gasteiger charge is 2.51. The van der Waals surface area contributed by atoms with Gasteiger partial charge in [0.1, 0.15) is 12.3 Å². The second-order valence-corrected chi connectivity index (χ2v) is 6.70. The van der Waals surface area contributed by atoms with Crippen LogP contribution in [-0.2, 0) is 15.1 Å². The van der Waals surface area contributed by atoms with Gasteiger partial charge in [0.15, 0.2) is 5.54 Å². The van der Waals surface area contributed by atoms with Crippen LogP contribution in [0.25, 0.3) is 0 Å². The second kappa shape index (κ2) is 6.84. The minimum atomic E-state index is -1.32. The molecule has 0 unspecified atom stereocenters. The van der Waals surface area contributed by atoms with E-state index in [1.807, 2.05) is 6.07 Å². The Morgan fingerprint density at radius 1 is 1.35 bits per heavy atom. The first-order valence-corrected chi connectivity index (χ1v) is 8.42. The zero-order valence-electron chi connectivity index (χ0n) is 14.3. The summed E-state index contributed by atoms with van der Waals surface area (Å²) in [6.45, 7) is 2.95. The number of hydrogen-bond donors (Lipinski definition) is 2. The lowest BCUT2D eigenvalue weighted by Crippen LogP contribution is -2.43. The maximum atomic E-state index is 12.7. The van der Waals surface area contributed by atoms with Gasteiger partial charge in [0, 0.05) is 5.02 Å². The van der Waals surface area contributed by atoms with E-state index in [0.717, 1.165) is 10.5 Å². The van der Waals surface area contributed by atoms with E-state index in [0.29, 0.717) is 10.8 Å². The van der Waals surface area contributed by atoms with Crippen molar-refractivity contribution in [3.05, 3.63) is 59.0 Å². The minimum Gasteiger partial charge on any atom is -0.466 e. The number of imide groups is 1. The van der Waals surface area contributed by atoms with Gasteiger partial charge in [-0.2, -0.15) is 0 Å². The lowest BCUT2D eigenvalue weighted by molar-refractivity contribution is -0.135. The molecule has 3 rings (SSSR count). The largest absolute Gasteiger partial charge is 0.466 e. The van der Waals surface area contributed by atoms with Gasteiger partial charge in [0.25, 0.3) is 5.91 Å². The van der Waals surface area contributed by atoms with Crippen molar-refractivity contribution in [2.75, 3.05) is 6.54 Å². The SMILES string of the molecule is C[C@H](NC(=O)CN1C(=O)N[C@](C)(c2ccco2)C1=O)c1cccc(Cl)c1. The van der Waals surface area contributed by atoms with Crippen LogP contribution in [0.4, 0.5) is 4.79 Å². The van der Waals surface area contributed by atoms with Gasteiger partial charge in [-0.15, -0.1) is 0 Å². The number of furan rings is 1. The lowest BCUT2D eigenvalue weighted by Gasteiger charge is -2.20. The summed E-state index contributed by atoms with van der Waals surface area (Å²) in [7, 11) is 0. The third kappa shape index (κ3) is 3.30. The quantitative estimate of drug-likeness (QED) is 0.786. The van der Waals surface area contributed by atoms with Crippen LogP contribution >= 0.6 is 11.6 Å². The standard InChI is InChI=1S/C18H18ClN3O4/c1-11(12-5-3-6-13(19)9-12)20-15(23)10-22-16(24)18(2,21-17(22)25)14-7-4-8-26-14/h3-9,11H,10H2,1-2H3,(H,20,23)(H,21,25)/t11-,18+/m0/s1. The van der Waals surface area contributed by atoms with Crippen molar-refractivity contribution in [1.29, 1.82) is 0 Å². The van der Waals surface area contributed by atoms with Crippen LogP contribution in [0.2, 0.25) is 5.02 Å². The van der Waals surface area contributed by atoms with E-state index in [4.69, 9.17) is 16.0 Å². The molecule has 2 aromatic rings. The molecule has 2 atom stereocenters. The van der Waals surface area contributed by atoms with E-state index in [-0.39, 0.29) is 12.6 Å². The highest BCUT2D eigenvalue weighted by atomic mass is 35.5. The molecule has 1 fully saturated rings. The molecule has 2 heterocycles. The van der Waals surface area contributed by atoms with Crippen molar-refractivity contribution in [3.63, 3.8) is 0 Å². The third-order valence-corrected chi connectivity index (χ3v) is 4.55. The highest BCUT2D eigenvalue weighted by Crippen LogP contribution is 2.29. The number of halogens is 1. The molecule has 2 N–H and O–H groups in total. The van der Waals surface area contributed by atoms with Crippen molar-refractivity contribution >= 4 is 29.4 Å². The van der Waals surface area contributed by atoms with Crippen LogP contribution in [0.5, 0.6) is 0 Å². The molecule has 8 heteroatoms. The zero-order chi connectivity index (χ0) is 18.9. The molecule has 1 aliphatic rings. The van der Waals surface area contributed by atoms with E-state index in [1.165, 1.54) is 6.26 Å². The predicted octanol–water partition coefficient (Wildman–Crippen LogP) is 2.58. The zero-order valence-corrected chi connectivity index (χ0v) is 15.0. The monoisotopic (exact) mass is 375 g/mol. The molecule has 0 radical (unpaired) electrons. The number of nitrogens with zero attached hydrogens (tertiary/aromatic N) is 1. The Bertz CT molecular complexity index is 852. The fourth-order valence-corrected chi connectivity index (χ4v) is 3.06. The van der Waals surface area contributed by atoms with Gasteiger partial charge >= 0.3 is 6.03 Å². The molecule has 1 aromatic carbocycles. The molecule has 7 nitrogen and oxygen atoms in total. The first-order chi connectivity index (χ1) is 12.3. The van der Waals surface area contributed by atoms with Crippen molar-refractivity contribution in [1.82, 2.24) is 15.5 Å². The van der Waals surface area contributed by atoms with Gasteiger partial charge in [-0.3, -0.25) is 14.5 Å². The molecular weight excluding hydrogens is 358 g/mol. The number of hydrogen-bond acceptors (Lipinski definition) is 4. The normalized spacial score (nSPS) is 20.8. The highest BCUT2D eigenvalue weighted by molar-refractivity contribution is 6.30. The van der Waals surface area contributed by atoms with Gasteiger partial charge in [-0.05, 0) is 43.7 Å². The molecule has 0 spiro atoms. The van der Waals surface area contributed by atoms with Crippen molar-refractivity contribution < 1.29 is 18.8 Å². The van der Waals surface area contributed by atoms with Crippen LogP contribution < -0.4 is 10.6 Å². The van der Waals surface area contributed by atoms with Crippen LogP contribution in [-0.4, -0.2) is 29.3 Å². The average Bonchev–Trinajstić information content (AvgIpc) is 3.19. The number of urea groups is 1. The Hall–Kier alpha value is -2.80. The number of carbonyl (C=O) groups is 3. The Morgan fingerprint density at radius 2 is 2.12 bits per heavy atom. The summed E-state index contributed by atoms with van der Waals surface area (Å²) in [6.07, 6.45) is 1.42. The van der Waals surface area contributed by atoms with Crippen LogP contribution in [0.1, 0.15) is 31.2 Å². The van der Waals surface area contributed by atoms with E-state index in [9.17, 15) is 14.4 Å². The molecule has 26 heavy (non-hydrogen) atoms. The van der Waals surface area contributed by atoms with Gasteiger partial charge in [0.2, 0.25) is 5.91 Å². The van der Waals surface area contributed by atoms with E-state index >= 15 is 0 Å². The molecular formula is C18H18ClN3O4. The molecule has 0 bridgehead atoms. The smallest absolute Gasteiger partial charge is 0.325 e. The van der Waals surface area contributed by atoms with Gasteiger partial charge in [-0.25, -0.2) is 4.79 Å². The summed E-state index contributed by atoms with van der Waals surface area (Å²) >= 11 is 5.95. The molecule has 1 aliphatic heterocycles. The predicted molar refractivity (Wildman–Crippen MR) is 94.3 cm³/mol. The molecule has 136 valence electrons. The van der Waals surface area contributed by atoms with Crippen LogP contribution in [0.15, 0.2) is 47.1 Å². The van der Waals surface area contributed by atoms with Crippen molar-refractivity contribution in [2.24, 2.45) is 0 Å². The Balaban J connectivity index is 1.68. The fraction of sp³-hybridized carbons (Fsp3) is 0.278. The Morgan fingerprint density at radius 3 is 2.77 bits per heavy atom. The molecule has 0 saturated carbocycles. The summed E-state index contributed by atoms with van der Waals surface area (Å²) in [5.74, 6) is -0.682. The Labute approximate surface area is 155 Å². The summed E-state index contributed by atoms with van der Waals surface area (Å²) in [6, 6.07) is 9.37. The van der Waals surface area contributed by atoms with E-state index < -0.39 is 23.4 Å². The number of amides is 4. The number of benzene rings is 1. The first-order valence-electron chi connectivity index (χ1n) is 8.04. The van der Waals surface area contributed by atoms with E-state index in [1.54, 1.807) is 44.2 Å². The maximum Gasteiger partial charge on any atom is 0.325 e. The molecule has 1 aromatic heterocycles. The maximum absolute atomic E-state index is 12.7. The third-order valence-electron chi connectivity index (χ3n) is 4.32. The summed E-state index contributed by atoms with van der Waals surface area (Å²) in [5.41, 5.74) is -0.497. The number of rotatable bonds is 5. The Kier molecular flexibility index (Phi) is 4.73. The summed E-state index contributed by atoms with van der Waals surface area (Å²) in [5, 5.41) is 5.90.